The minimum absolute atomic E-state index is 0.0113. The molecule has 2 heterocycles. The van der Waals surface area contributed by atoms with E-state index in [1.165, 1.54) is 0 Å². The summed E-state index contributed by atoms with van der Waals surface area (Å²) >= 11 is 0. The zero-order chi connectivity index (χ0) is 15.6. The van der Waals surface area contributed by atoms with Crippen molar-refractivity contribution in [1.29, 1.82) is 0 Å². The van der Waals surface area contributed by atoms with Gasteiger partial charge in [-0.25, -0.2) is 4.79 Å². The monoisotopic (exact) mass is 298 g/mol. The number of carbonyl (C=O) groups excluding carboxylic acids is 1. The first-order chi connectivity index (χ1) is 9.92. The maximum absolute atomic E-state index is 12.7. The first kappa shape index (κ1) is 16.1. The second-order valence-electron chi connectivity index (χ2n) is 6.60. The molecular weight excluding hydrogens is 272 g/mol. The third-order valence-corrected chi connectivity index (χ3v) is 5.19. The third-order valence-electron chi connectivity index (χ3n) is 5.19. The smallest absolute Gasteiger partial charge is 0.320 e. The number of amides is 2. The average molecular weight is 298 g/mol. The lowest BCUT2D eigenvalue weighted by atomic mass is 9.76. The van der Waals surface area contributed by atoms with Gasteiger partial charge in [0, 0.05) is 19.6 Å². The largest absolute Gasteiger partial charge is 0.481 e. The highest BCUT2D eigenvalue weighted by molar-refractivity contribution is 5.80. The summed E-state index contributed by atoms with van der Waals surface area (Å²) in [6, 6.07) is -0.234. The van der Waals surface area contributed by atoms with Crippen LogP contribution in [0.3, 0.4) is 0 Å². The van der Waals surface area contributed by atoms with E-state index in [0.717, 1.165) is 19.3 Å². The fourth-order valence-electron chi connectivity index (χ4n) is 3.51. The van der Waals surface area contributed by atoms with Gasteiger partial charge in [-0.2, -0.15) is 0 Å². The zero-order valence-electron chi connectivity index (χ0n) is 12.9. The molecule has 21 heavy (non-hydrogen) atoms. The lowest BCUT2D eigenvalue weighted by Gasteiger charge is -2.37. The number of carboxylic acid groups (broad SMARTS) is 1. The lowest BCUT2D eigenvalue weighted by Crippen LogP contribution is -2.52. The van der Waals surface area contributed by atoms with Gasteiger partial charge in [0.15, 0.2) is 0 Å². The van der Waals surface area contributed by atoms with Gasteiger partial charge in [-0.3, -0.25) is 4.79 Å². The van der Waals surface area contributed by atoms with Crippen molar-refractivity contribution in [2.45, 2.75) is 45.6 Å². The predicted molar refractivity (Wildman–Crippen MR) is 77.9 cm³/mol. The number of carboxylic acids is 1. The van der Waals surface area contributed by atoms with E-state index in [0.29, 0.717) is 19.5 Å². The average Bonchev–Trinajstić information content (AvgIpc) is 2.93. The van der Waals surface area contributed by atoms with Crippen molar-refractivity contribution in [2.24, 2.45) is 11.3 Å². The molecule has 0 spiro atoms. The lowest BCUT2D eigenvalue weighted by molar-refractivity contribution is -0.150. The molecule has 2 N–H and O–H groups in total. The minimum Gasteiger partial charge on any atom is -0.481 e. The molecule has 6 nitrogen and oxygen atoms in total. The molecule has 2 unspecified atom stereocenters. The molecule has 0 radical (unpaired) electrons. The summed E-state index contributed by atoms with van der Waals surface area (Å²) in [6.45, 7) is 5.20. The van der Waals surface area contributed by atoms with Crippen molar-refractivity contribution in [1.82, 2.24) is 9.80 Å². The predicted octanol–water partition coefficient (Wildman–Crippen LogP) is 1.39. The van der Waals surface area contributed by atoms with Crippen molar-refractivity contribution in [3.8, 4) is 0 Å². The van der Waals surface area contributed by atoms with Gasteiger partial charge in [-0.05, 0) is 31.6 Å². The summed E-state index contributed by atoms with van der Waals surface area (Å²) < 4.78 is 0. The molecule has 2 fully saturated rings. The Labute approximate surface area is 125 Å². The van der Waals surface area contributed by atoms with Crippen LogP contribution in [0.25, 0.3) is 0 Å². The summed E-state index contributed by atoms with van der Waals surface area (Å²) in [4.78, 5) is 27.7. The number of aliphatic hydroxyl groups is 1. The Kier molecular flexibility index (Phi) is 4.76. The van der Waals surface area contributed by atoms with Crippen LogP contribution in [0.5, 0.6) is 0 Å². The summed E-state index contributed by atoms with van der Waals surface area (Å²) in [7, 11) is 0. The molecule has 2 amide bonds. The normalized spacial score (nSPS) is 30.0. The Bertz CT molecular complexity index is 412. The van der Waals surface area contributed by atoms with Crippen molar-refractivity contribution >= 4 is 12.0 Å². The number of rotatable bonds is 3. The Balaban J connectivity index is 2.09. The van der Waals surface area contributed by atoms with E-state index >= 15 is 0 Å². The molecule has 2 rings (SSSR count). The van der Waals surface area contributed by atoms with Gasteiger partial charge in [-0.15, -0.1) is 0 Å². The molecule has 120 valence electrons. The van der Waals surface area contributed by atoms with Crippen LogP contribution in [0.2, 0.25) is 0 Å². The van der Waals surface area contributed by atoms with Crippen LogP contribution in [0.1, 0.15) is 39.5 Å². The molecule has 0 aromatic heterocycles. The summed E-state index contributed by atoms with van der Waals surface area (Å²) in [5.74, 6) is -0.826. The molecule has 2 atom stereocenters. The van der Waals surface area contributed by atoms with Gasteiger partial charge < -0.3 is 20.0 Å². The van der Waals surface area contributed by atoms with E-state index in [1.807, 2.05) is 13.8 Å². The number of hydrogen-bond acceptors (Lipinski definition) is 3. The highest BCUT2D eigenvalue weighted by Crippen LogP contribution is 2.38. The first-order valence-corrected chi connectivity index (χ1v) is 7.82. The standard InChI is InChI=1S/C15H26N2O4/c1-11(2)15(13(19)20)6-8-16(10-15)14(21)17-7-4-3-5-12(17)9-18/h11-12,18H,3-10H2,1-2H3,(H,19,20). The number of likely N-dealkylation sites (tertiary alicyclic amines) is 2. The van der Waals surface area contributed by atoms with E-state index in [1.54, 1.807) is 9.80 Å². The molecule has 0 aromatic rings. The second kappa shape index (κ2) is 6.22. The molecule has 6 heteroatoms. The fourth-order valence-corrected chi connectivity index (χ4v) is 3.51. The Morgan fingerprint density at radius 1 is 1.29 bits per heavy atom. The van der Waals surface area contributed by atoms with Gasteiger partial charge in [0.1, 0.15) is 0 Å². The fraction of sp³-hybridized carbons (Fsp3) is 0.867. The number of nitrogens with zero attached hydrogens (tertiary/aromatic N) is 2. The maximum atomic E-state index is 12.7. The molecule has 0 aliphatic carbocycles. The third kappa shape index (κ3) is 2.86. The highest BCUT2D eigenvalue weighted by Gasteiger charge is 2.49. The Morgan fingerprint density at radius 2 is 2.00 bits per heavy atom. The molecule has 0 bridgehead atoms. The van der Waals surface area contributed by atoms with Crippen LogP contribution >= 0.6 is 0 Å². The highest BCUT2D eigenvalue weighted by atomic mass is 16.4. The van der Waals surface area contributed by atoms with Crippen molar-refractivity contribution in [3.63, 3.8) is 0 Å². The van der Waals surface area contributed by atoms with Crippen LogP contribution in [-0.2, 0) is 4.79 Å². The minimum atomic E-state index is -0.833. The SMILES string of the molecule is CC(C)C1(C(=O)O)CCN(C(=O)N2CCCCC2CO)C1. The Hall–Kier alpha value is -1.30. The van der Waals surface area contributed by atoms with E-state index in [2.05, 4.69) is 0 Å². The van der Waals surface area contributed by atoms with Gasteiger partial charge in [-0.1, -0.05) is 13.8 Å². The Morgan fingerprint density at radius 3 is 2.52 bits per heavy atom. The molecule has 2 aliphatic heterocycles. The number of aliphatic carboxylic acids is 1. The van der Waals surface area contributed by atoms with E-state index < -0.39 is 11.4 Å². The number of piperidine rings is 1. The van der Waals surface area contributed by atoms with Crippen LogP contribution in [0.15, 0.2) is 0 Å². The molecule has 2 aliphatic rings. The number of hydrogen-bond donors (Lipinski definition) is 2. The first-order valence-electron chi connectivity index (χ1n) is 7.82. The maximum Gasteiger partial charge on any atom is 0.320 e. The van der Waals surface area contributed by atoms with Gasteiger partial charge in [0.2, 0.25) is 0 Å². The van der Waals surface area contributed by atoms with E-state index in [-0.39, 0.29) is 31.1 Å². The molecule has 0 aromatic carbocycles. The van der Waals surface area contributed by atoms with E-state index in [4.69, 9.17) is 0 Å². The van der Waals surface area contributed by atoms with Crippen LogP contribution in [-0.4, -0.2) is 64.3 Å². The van der Waals surface area contributed by atoms with Gasteiger partial charge >= 0.3 is 12.0 Å². The van der Waals surface area contributed by atoms with Gasteiger partial charge in [0.05, 0.1) is 18.1 Å². The number of aliphatic hydroxyl groups excluding tert-OH is 1. The van der Waals surface area contributed by atoms with Crippen molar-refractivity contribution in [3.05, 3.63) is 0 Å². The molecule has 2 saturated heterocycles. The molecule has 0 saturated carbocycles. The van der Waals surface area contributed by atoms with Crippen LogP contribution in [0, 0.1) is 11.3 Å². The quantitative estimate of drug-likeness (QED) is 0.825. The van der Waals surface area contributed by atoms with Crippen molar-refractivity contribution in [2.75, 3.05) is 26.2 Å². The molecular formula is C15H26N2O4. The topological polar surface area (TPSA) is 81.1 Å². The summed E-state index contributed by atoms with van der Waals surface area (Å²) in [5, 5.41) is 19.0. The number of carbonyl (C=O) groups is 2. The van der Waals surface area contributed by atoms with Crippen molar-refractivity contribution < 1.29 is 19.8 Å². The van der Waals surface area contributed by atoms with Gasteiger partial charge in [0.25, 0.3) is 0 Å². The van der Waals surface area contributed by atoms with Crippen LogP contribution in [0.4, 0.5) is 4.79 Å². The van der Waals surface area contributed by atoms with Crippen LogP contribution < -0.4 is 0 Å². The summed E-state index contributed by atoms with van der Waals surface area (Å²) in [6.07, 6.45) is 3.30. The zero-order valence-corrected chi connectivity index (χ0v) is 12.9. The number of urea groups is 1. The van der Waals surface area contributed by atoms with E-state index in [9.17, 15) is 19.8 Å². The summed E-state index contributed by atoms with van der Waals surface area (Å²) in [5.41, 5.74) is -0.833. The second-order valence-corrected chi connectivity index (χ2v) is 6.60.